The van der Waals surface area contributed by atoms with Crippen LogP contribution in [0.1, 0.15) is 18.4 Å². The second kappa shape index (κ2) is 6.54. The van der Waals surface area contributed by atoms with Gasteiger partial charge >= 0.3 is 0 Å². The molecule has 0 atom stereocenters. The topological polar surface area (TPSA) is 59.0 Å². The van der Waals surface area contributed by atoms with Gasteiger partial charge in [0, 0.05) is 43.6 Å². The molecule has 1 aliphatic carbocycles. The van der Waals surface area contributed by atoms with E-state index in [1.165, 1.54) is 5.56 Å². The first-order valence-electron chi connectivity index (χ1n) is 7.38. The van der Waals surface area contributed by atoms with Crippen molar-refractivity contribution in [3.63, 3.8) is 0 Å². The van der Waals surface area contributed by atoms with E-state index in [1.807, 2.05) is 10.8 Å². The van der Waals surface area contributed by atoms with Crippen LogP contribution in [0.25, 0.3) is 5.69 Å². The summed E-state index contributed by atoms with van der Waals surface area (Å²) < 4.78 is 1.98. The molecular formula is C16H20N4O. The van der Waals surface area contributed by atoms with E-state index in [0.29, 0.717) is 12.5 Å². The molecule has 1 aromatic heterocycles. The Kier molecular flexibility index (Phi) is 4.31. The Hall–Kier alpha value is -2.14. The van der Waals surface area contributed by atoms with Gasteiger partial charge in [0.25, 0.3) is 0 Å². The molecule has 0 unspecified atom stereocenters. The largest absolute Gasteiger partial charge is 0.355 e. The summed E-state index contributed by atoms with van der Waals surface area (Å²) >= 11 is 0. The van der Waals surface area contributed by atoms with Crippen LogP contribution in [0.15, 0.2) is 43.0 Å². The highest BCUT2D eigenvalue weighted by atomic mass is 16.2. The molecule has 5 nitrogen and oxygen atoms in total. The minimum absolute atomic E-state index is 0.210. The molecule has 0 saturated heterocycles. The summed E-state index contributed by atoms with van der Waals surface area (Å²) in [6, 6.07) is 8.36. The molecule has 3 rings (SSSR count). The van der Waals surface area contributed by atoms with Crippen molar-refractivity contribution in [3.8, 4) is 5.69 Å². The second-order valence-corrected chi connectivity index (χ2v) is 5.38. The molecule has 1 saturated carbocycles. The third kappa shape index (κ3) is 3.92. The Morgan fingerprint density at radius 1 is 1.24 bits per heavy atom. The molecule has 0 bridgehead atoms. The van der Waals surface area contributed by atoms with Crippen LogP contribution in [0.4, 0.5) is 0 Å². The van der Waals surface area contributed by atoms with E-state index in [2.05, 4.69) is 39.9 Å². The summed E-state index contributed by atoms with van der Waals surface area (Å²) in [6.45, 7) is 2.30. The van der Waals surface area contributed by atoms with Crippen molar-refractivity contribution in [2.45, 2.75) is 19.4 Å². The molecule has 5 heteroatoms. The van der Waals surface area contributed by atoms with E-state index in [9.17, 15) is 4.79 Å². The predicted molar refractivity (Wildman–Crippen MR) is 81.0 cm³/mol. The molecule has 1 amide bonds. The standard InChI is InChI=1S/C16H20N4O/c21-16(14-3-4-14)19-8-7-17-11-13-1-5-15(6-2-13)20-10-9-18-12-20/h1-2,5-6,9-10,12,14,17H,3-4,7-8,11H2,(H,19,21). The zero-order valence-electron chi connectivity index (χ0n) is 12.0. The van der Waals surface area contributed by atoms with Crippen LogP contribution in [0, 0.1) is 5.92 Å². The van der Waals surface area contributed by atoms with Gasteiger partial charge in [0.1, 0.15) is 0 Å². The number of nitrogens with one attached hydrogen (secondary N) is 2. The van der Waals surface area contributed by atoms with Gasteiger partial charge in [-0.1, -0.05) is 12.1 Å². The molecule has 0 aliphatic heterocycles. The van der Waals surface area contributed by atoms with Crippen molar-refractivity contribution in [2.24, 2.45) is 5.92 Å². The third-order valence-electron chi connectivity index (χ3n) is 3.62. The van der Waals surface area contributed by atoms with Gasteiger partial charge in [0.15, 0.2) is 0 Å². The normalized spacial score (nSPS) is 14.1. The summed E-state index contributed by atoms with van der Waals surface area (Å²) in [5, 5.41) is 6.28. The van der Waals surface area contributed by atoms with Crippen molar-refractivity contribution >= 4 is 5.91 Å². The van der Waals surface area contributed by atoms with Crippen molar-refractivity contribution in [1.82, 2.24) is 20.2 Å². The van der Waals surface area contributed by atoms with Crippen LogP contribution in [0.3, 0.4) is 0 Å². The monoisotopic (exact) mass is 284 g/mol. The van der Waals surface area contributed by atoms with Crippen LogP contribution < -0.4 is 10.6 Å². The van der Waals surface area contributed by atoms with Gasteiger partial charge in [-0.15, -0.1) is 0 Å². The van der Waals surface area contributed by atoms with Crippen molar-refractivity contribution in [2.75, 3.05) is 13.1 Å². The molecule has 21 heavy (non-hydrogen) atoms. The molecule has 1 aromatic carbocycles. The molecular weight excluding hydrogens is 264 g/mol. The van der Waals surface area contributed by atoms with Gasteiger partial charge in [-0.05, 0) is 30.5 Å². The summed E-state index contributed by atoms with van der Waals surface area (Å²) in [6.07, 6.45) is 7.60. The highest BCUT2D eigenvalue weighted by Crippen LogP contribution is 2.28. The fourth-order valence-electron chi connectivity index (χ4n) is 2.19. The van der Waals surface area contributed by atoms with Gasteiger partial charge in [0.2, 0.25) is 5.91 Å². The van der Waals surface area contributed by atoms with Crippen LogP contribution in [-0.2, 0) is 11.3 Å². The number of nitrogens with zero attached hydrogens (tertiary/aromatic N) is 2. The van der Waals surface area contributed by atoms with Crippen molar-refractivity contribution < 1.29 is 4.79 Å². The minimum Gasteiger partial charge on any atom is -0.355 e. The third-order valence-corrected chi connectivity index (χ3v) is 3.62. The number of aromatic nitrogens is 2. The Bertz CT molecular complexity index is 573. The summed E-state index contributed by atoms with van der Waals surface area (Å²) in [4.78, 5) is 15.5. The van der Waals surface area contributed by atoms with Gasteiger partial charge in [0.05, 0.1) is 6.33 Å². The maximum Gasteiger partial charge on any atom is 0.223 e. The Balaban J connectivity index is 1.38. The number of hydrogen-bond acceptors (Lipinski definition) is 3. The maximum absolute atomic E-state index is 11.4. The molecule has 0 spiro atoms. The quantitative estimate of drug-likeness (QED) is 0.757. The number of benzene rings is 1. The number of carbonyl (C=O) groups excluding carboxylic acids is 1. The van der Waals surface area contributed by atoms with E-state index in [0.717, 1.165) is 31.6 Å². The molecule has 1 heterocycles. The van der Waals surface area contributed by atoms with Crippen LogP contribution in [0.2, 0.25) is 0 Å². The fraction of sp³-hybridized carbons (Fsp3) is 0.375. The van der Waals surface area contributed by atoms with Crippen molar-refractivity contribution in [1.29, 1.82) is 0 Å². The van der Waals surface area contributed by atoms with E-state index in [-0.39, 0.29) is 5.91 Å². The molecule has 1 fully saturated rings. The average Bonchev–Trinajstić information content (AvgIpc) is 3.23. The van der Waals surface area contributed by atoms with Gasteiger partial charge in [-0.3, -0.25) is 4.79 Å². The molecule has 2 N–H and O–H groups in total. The highest BCUT2D eigenvalue weighted by Gasteiger charge is 2.28. The van der Waals surface area contributed by atoms with Crippen LogP contribution in [0.5, 0.6) is 0 Å². The number of hydrogen-bond donors (Lipinski definition) is 2. The van der Waals surface area contributed by atoms with E-state index in [4.69, 9.17) is 0 Å². The minimum atomic E-state index is 0.210. The summed E-state index contributed by atoms with van der Waals surface area (Å²) in [7, 11) is 0. The fourth-order valence-corrected chi connectivity index (χ4v) is 2.19. The van der Waals surface area contributed by atoms with E-state index < -0.39 is 0 Å². The first-order chi connectivity index (χ1) is 10.3. The smallest absolute Gasteiger partial charge is 0.223 e. The lowest BCUT2D eigenvalue weighted by molar-refractivity contribution is -0.122. The van der Waals surface area contributed by atoms with E-state index in [1.54, 1.807) is 12.5 Å². The lowest BCUT2D eigenvalue weighted by Crippen LogP contribution is -2.32. The van der Waals surface area contributed by atoms with Crippen LogP contribution >= 0.6 is 0 Å². The van der Waals surface area contributed by atoms with Gasteiger partial charge in [-0.25, -0.2) is 4.98 Å². The van der Waals surface area contributed by atoms with Gasteiger partial charge in [-0.2, -0.15) is 0 Å². The Morgan fingerprint density at radius 3 is 2.71 bits per heavy atom. The molecule has 110 valence electrons. The molecule has 0 radical (unpaired) electrons. The number of carbonyl (C=O) groups is 1. The lowest BCUT2D eigenvalue weighted by atomic mass is 10.2. The predicted octanol–water partition coefficient (Wildman–Crippen LogP) is 1.49. The summed E-state index contributed by atoms with van der Waals surface area (Å²) in [5.74, 6) is 0.502. The van der Waals surface area contributed by atoms with Gasteiger partial charge < -0.3 is 15.2 Å². The Labute approximate surface area is 124 Å². The first-order valence-corrected chi connectivity index (χ1v) is 7.38. The number of amides is 1. The van der Waals surface area contributed by atoms with Crippen LogP contribution in [-0.4, -0.2) is 28.5 Å². The Morgan fingerprint density at radius 2 is 2.05 bits per heavy atom. The number of rotatable bonds is 7. The molecule has 1 aliphatic rings. The maximum atomic E-state index is 11.4. The highest BCUT2D eigenvalue weighted by molar-refractivity contribution is 5.80. The first kappa shape index (κ1) is 13.8. The summed E-state index contributed by atoms with van der Waals surface area (Å²) in [5.41, 5.74) is 2.33. The second-order valence-electron chi connectivity index (χ2n) is 5.38. The zero-order chi connectivity index (χ0) is 14.5. The van der Waals surface area contributed by atoms with E-state index >= 15 is 0 Å². The average molecular weight is 284 g/mol. The molecule has 2 aromatic rings. The lowest BCUT2D eigenvalue weighted by Gasteiger charge is -2.08. The zero-order valence-corrected chi connectivity index (χ0v) is 12.0. The number of imidazole rings is 1. The SMILES string of the molecule is O=C(NCCNCc1ccc(-n2ccnc2)cc1)C1CC1. The van der Waals surface area contributed by atoms with Crippen molar-refractivity contribution in [3.05, 3.63) is 48.5 Å².